The average Bonchev–Trinajstić information content (AvgIpc) is 2.30. The van der Waals surface area contributed by atoms with Crippen LogP contribution in [-0.2, 0) is 4.79 Å². The fourth-order valence-corrected chi connectivity index (χ4v) is 1.97. The van der Waals surface area contributed by atoms with Crippen molar-refractivity contribution in [2.24, 2.45) is 17.3 Å². The van der Waals surface area contributed by atoms with Gasteiger partial charge in [0.05, 0.1) is 0 Å². The Morgan fingerprint density at radius 1 is 1.43 bits per heavy atom. The van der Waals surface area contributed by atoms with Gasteiger partial charge in [-0.15, -0.1) is 0 Å². The summed E-state index contributed by atoms with van der Waals surface area (Å²) in [7, 11) is 0. The van der Waals surface area contributed by atoms with Crippen molar-refractivity contribution in [1.29, 1.82) is 0 Å². The molecule has 0 radical (unpaired) electrons. The molecule has 1 rings (SSSR count). The summed E-state index contributed by atoms with van der Waals surface area (Å²) in [5.74, 6) is 1.46. The molecule has 2 heteroatoms. The average molecular weight is 197 g/mol. The zero-order valence-corrected chi connectivity index (χ0v) is 10.1. The Labute approximate surface area is 87.7 Å². The Hall–Kier alpha value is -0.530. The highest BCUT2D eigenvalue weighted by Crippen LogP contribution is 2.34. The van der Waals surface area contributed by atoms with Crippen LogP contribution in [0.5, 0.6) is 0 Å². The molecular formula is C12H23NO. The van der Waals surface area contributed by atoms with Gasteiger partial charge < -0.3 is 4.90 Å². The van der Waals surface area contributed by atoms with Crippen LogP contribution in [0, 0.1) is 17.3 Å². The Balaban J connectivity index is 2.56. The third-order valence-corrected chi connectivity index (χ3v) is 3.02. The summed E-state index contributed by atoms with van der Waals surface area (Å²) in [4.78, 5) is 13.7. The van der Waals surface area contributed by atoms with Crippen molar-refractivity contribution in [3.8, 4) is 0 Å². The Morgan fingerprint density at radius 2 is 2.00 bits per heavy atom. The van der Waals surface area contributed by atoms with E-state index in [4.69, 9.17) is 0 Å². The summed E-state index contributed by atoms with van der Waals surface area (Å²) >= 11 is 0. The predicted octanol–water partition coefficient (Wildman–Crippen LogP) is 2.54. The summed E-state index contributed by atoms with van der Waals surface area (Å²) in [6, 6.07) is 0. The van der Waals surface area contributed by atoms with Crippen molar-refractivity contribution in [2.45, 2.75) is 41.0 Å². The first-order valence-corrected chi connectivity index (χ1v) is 5.58. The molecule has 82 valence electrons. The zero-order valence-electron chi connectivity index (χ0n) is 10.1. The number of nitrogens with zero attached hydrogens (tertiary/aromatic N) is 1. The van der Waals surface area contributed by atoms with E-state index in [1.807, 2.05) is 4.90 Å². The number of hydrogen-bond donors (Lipinski definition) is 0. The van der Waals surface area contributed by atoms with E-state index >= 15 is 0 Å². The minimum Gasteiger partial charge on any atom is -0.342 e. The molecule has 1 unspecified atom stereocenters. The van der Waals surface area contributed by atoms with Gasteiger partial charge >= 0.3 is 0 Å². The van der Waals surface area contributed by atoms with Crippen molar-refractivity contribution in [3.63, 3.8) is 0 Å². The van der Waals surface area contributed by atoms with E-state index in [2.05, 4.69) is 34.6 Å². The SMILES string of the molecule is CC(C)CN1CC(C(C)(C)C)CC1=O. The lowest BCUT2D eigenvalue weighted by Crippen LogP contribution is -2.30. The summed E-state index contributed by atoms with van der Waals surface area (Å²) in [5, 5.41) is 0. The Bertz CT molecular complexity index is 215. The second-order valence-corrected chi connectivity index (χ2v) is 5.96. The molecule has 0 bridgehead atoms. The van der Waals surface area contributed by atoms with Crippen molar-refractivity contribution >= 4 is 5.91 Å². The number of likely N-dealkylation sites (tertiary alicyclic amines) is 1. The van der Waals surface area contributed by atoms with Crippen LogP contribution >= 0.6 is 0 Å². The second-order valence-electron chi connectivity index (χ2n) is 5.96. The number of rotatable bonds is 2. The Kier molecular flexibility index (Phi) is 3.23. The smallest absolute Gasteiger partial charge is 0.222 e. The molecule has 1 fully saturated rings. The van der Waals surface area contributed by atoms with E-state index in [0.717, 1.165) is 19.5 Å². The van der Waals surface area contributed by atoms with E-state index in [0.29, 0.717) is 17.7 Å². The maximum atomic E-state index is 11.7. The van der Waals surface area contributed by atoms with E-state index in [-0.39, 0.29) is 5.41 Å². The van der Waals surface area contributed by atoms with E-state index in [9.17, 15) is 4.79 Å². The van der Waals surface area contributed by atoms with E-state index in [1.54, 1.807) is 0 Å². The number of carbonyl (C=O) groups excluding carboxylic acids is 1. The maximum Gasteiger partial charge on any atom is 0.222 e. The lowest BCUT2D eigenvalue weighted by Gasteiger charge is -2.27. The molecule has 2 nitrogen and oxygen atoms in total. The molecule has 1 amide bonds. The standard InChI is InChI=1S/C12H23NO/c1-9(2)7-13-8-10(6-11(13)14)12(3,4)5/h9-10H,6-8H2,1-5H3. The lowest BCUT2D eigenvalue weighted by molar-refractivity contribution is -0.128. The first-order chi connectivity index (χ1) is 6.30. The molecule has 0 spiro atoms. The second kappa shape index (κ2) is 3.92. The van der Waals surface area contributed by atoms with Crippen molar-refractivity contribution in [2.75, 3.05) is 13.1 Å². The molecule has 0 aromatic rings. The molecule has 1 saturated heterocycles. The van der Waals surface area contributed by atoms with Crippen LogP contribution in [0.3, 0.4) is 0 Å². The van der Waals surface area contributed by atoms with Gasteiger partial charge in [-0.25, -0.2) is 0 Å². The van der Waals surface area contributed by atoms with Gasteiger partial charge in [-0.1, -0.05) is 34.6 Å². The van der Waals surface area contributed by atoms with Gasteiger partial charge in [0.15, 0.2) is 0 Å². The highest BCUT2D eigenvalue weighted by atomic mass is 16.2. The van der Waals surface area contributed by atoms with Gasteiger partial charge in [-0.05, 0) is 17.3 Å². The lowest BCUT2D eigenvalue weighted by atomic mass is 9.80. The first-order valence-electron chi connectivity index (χ1n) is 5.58. The van der Waals surface area contributed by atoms with Crippen LogP contribution in [0.2, 0.25) is 0 Å². The van der Waals surface area contributed by atoms with E-state index < -0.39 is 0 Å². The third kappa shape index (κ3) is 2.73. The van der Waals surface area contributed by atoms with Crippen LogP contribution in [0.4, 0.5) is 0 Å². The highest BCUT2D eigenvalue weighted by Gasteiger charge is 2.36. The number of amides is 1. The molecule has 0 aromatic heterocycles. The van der Waals surface area contributed by atoms with Crippen LogP contribution in [0.1, 0.15) is 41.0 Å². The normalized spacial score (nSPS) is 23.7. The molecule has 0 N–H and O–H groups in total. The molecule has 0 aliphatic carbocycles. The highest BCUT2D eigenvalue weighted by molar-refractivity contribution is 5.78. The van der Waals surface area contributed by atoms with Gasteiger partial charge in [0.25, 0.3) is 0 Å². The number of carbonyl (C=O) groups is 1. The quantitative estimate of drug-likeness (QED) is 0.666. The molecule has 1 aliphatic rings. The molecule has 14 heavy (non-hydrogen) atoms. The van der Waals surface area contributed by atoms with Gasteiger partial charge in [0, 0.05) is 19.5 Å². The topological polar surface area (TPSA) is 20.3 Å². The molecular weight excluding hydrogens is 174 g/mol. The minimum absolute atomic E-state index is 0.265. The Morgan fingerprint density at radius 3 is 2.36 bits per heavy atom. The van der Waals surface area contributed by atoms with Crippen LogP contribution in [-0.4, -0.2) is 23.9 Å². The summed E-state index contributed by atoms with van der Waals surface area (Å²) in [6.45, 7) is 12.9. The molecule has 1 aliphatic heterocycles. The summed E-state index contributed by atoms with van der Waals surface area (Å²) in [6.07, 6.45) is 0.746. The van der Waals surface area contributed by atoms with Crippen LogP contribution in [0.25, 0.3) is 0 Å². The van der Waals surface area contributed by atoms with Crippen LogP contribution < -0.4 is 0 Å². The van der Waals surface area contributed by atoms with Crippen molar-refractivity contribution in [1.82, 2.24) is 4.90 Å². The number of hydrogen-bond acceptors (Lipinski definition) is 1. The van der Waals surface area contributed by atoms with Crippen molar-refractivity contribution < 1.29 is 4.79 Å². The fourth-order valence-electron chi connectivity index (χ4n) is 1.97. The summed E-state index contributed by atoms with van der Waals surface area (Å²) < 4.78 is 0. The minimum atomic E-state index is 0.265. The molecule has 1 heterocycles. The van der Waals surface area contributed by atoms with Crippen LogP contribution in [0.15, 0.2) is 0 Å². The van der Waals surface area contributed by atoms with Gasteiger partial charge in [-0.3, -0.25) is 4.79 Å². The largest absolute Gasteiger partial charge is 0.342 e. The molecule has 0 aromatic carbocycles. The zero-order chi connectivity index (χ0) is 10.9. The summed E-state index contributed by atoms with van der Waals surface area (Å²) in [5.41, 5.74) is 0.265. The van der Waals surface area contributed by atoms with Gasteiger partial charge in [0.1, 0.15) is 0 Å². The molecule has 1 atom stereocenters. The molecule has 0 saturated carbocycles. The first kappa shape index (κ1) is 11.5. The van der Waals surface area contributed by atoms with Gasteiger partial charge in [0.2, 0.25) is 5.91 Å². The van der Waals surface area contributed by atoms with Crippen molar-refractivity contribution in [3.05, 3.63) is 0 Å². The monoisotopic (exact) mass is 197 g/mol. The maximum absolute atomic E-state index is 11.7. The van der Waals surface area contributed by atoms with Gasteiger partial charge in [-0.2, -0.15) is 0 Å². The third-order valence-electron chi connectivity index (χ3n) is 3.02. The fraction of sp³-hybridized carbons (Fsp3) is 0.917. The van der Waals surface area contributed by atoms with E-state index in [1.165, 1.54) is 0 Å². The predicted molar refractivity (Wildman–Crippen MR) is 59.0 cm³/mol.